The average Bonchev–Trinajstić information content (AvgIpc) is 2.73. The second kappa shape index (κ2) is 5.87. The lowest BCUT2D eigenvalue weighted by Gasteiger charge is -2.07. The van der Waals surface area contributed by atoms with Gasteiger partial charge in [-0.25, -0.2) is 0 Å². The van der Waals surface area contributed by atoms with Crippen molar-refractivity contribution in [3.63, 3.8) is 0 Å². The van der Waals surface area contributed by atoms with Crippen LogP contribution >= 0.6 is 11.3 Å². The van der Waals surface area contributed by atoms with Gasteiger partial charge in [0.15, 0.2) is 0 Å². The molecule has 0 bridgehead atoms. The Bertz CT molecular complexity index is 545. The predicted molar refractivity (Wildman–Crippen MR) is 72.1 cm³/mol. The molecule has 1 amide bonds. The number of aliphatic carboxylic acids is 1. The molecule has 1 atom stereocenters. The van der Waals surface area contributed by atoms with Crippen molar-refractivity contribution in [3.05, 3.63) is 21.9 Å². The van der Waals surface area contributed by atoms with Crippen molar-refractivity contribution < 1.29 is 19.8 Å². The summed E-state index contributed by atoms with van der Waals surface area (Å²) in [5.41, 5.74) is -1.09. The van der Waals surface area contributed by atoms with E-state index in [2.05, 4.69) is 17.2 Å². The SMILES string of the molecule is C[C@H](NC(=O)c1ccc(C#CC(C)(C)O)s1)C(=O)O. The van der Waals surface area contributed by atoms with Gasteiger partial charge in [0.1, 0.15) is 11.6 Å². The molecule has 0 unspecified atom stereocenters. The van der Waals surface area contributed by atoms with Gasteiger partial charge in [0.25, 0.3) is 5.91 Å². The topological polar surface area (TPSA) is 86.6 Å². The summed E-state index contributed by atoms with van der Waals surface area (Å²) >= 11 is 1.15. The van der Waals surface area contributed by atoms with Gasteiger partial charge in [-0.1, -0.05) is 11.8 Å². The monoisotopic (exact) mass is 281 g/mol. The molecule has 1 heterocycles. The van der Waals surface area contributed by atoms with Crippen molar-refractivity contribution in [2.45, 2.75) is 32.4 Å². The van der Waals surface area contributed by atoms with E-state index in [4.69, 9.17) is 5.11 Å². The van der Waals surface area contributed by atoms with Gasteiger partial charge in [0.05, 0.1) is 9.75 Å². The van der Waals surface area contributed by atoms with Crippen molar-refractivity contribution in [2.24, 2.45) is 0 Å². The molecule has 5 nitrogen and oxygen atoms in total. The smallest absolute Gasteiger partial charge is 0.325 e. The van der Waals surface area contributed by atoms with Crippen LogP contribution in [0, 0.1) is 11.8 Å². The Morgan fingerprint density at radius 2 is 2.05 bits per heavy atom. The Morgan fingerprint density at radius 3 is 2.58 bits per heavy atom. The van der Waals surface area contributed by atoms with Crippen LogP contribution in [0.1, 0.15) is 35.3 Å². The molecule has 0 aliphatic rings. The third-order valence-electron chi connectivity index (χ3n) is 2.04. The van der Waals surface area contributed by atoms with Crippen LogP contribution < -0.4 is 5.32 Å². The molecule has 0 saturated carbocycles. The fourth-order valence-electron chi connectivity index (χ4n) is 1.07. The van der Waals surface area contributed by atoms with Crippen LogP contribution in [0.25, 0.3) is 0 Å². The number of aliphatic hydroxyl groups is 1. The standard InChI is InChI=1S/C13H15NO4S/c1-8(12(16)17)14-11(15)10-5-4-9(19-10)6-7-13(2,3)18/h4-5,8,18H,1-3H3,(H,14,15)(H,16,17)/t8-/m0/s1. The summed E-state index contributed by atoms with van der Waals surface area (Å²) in [6, 6.07) is 2.28. The summed E-state index contributed by atoms with van der Waals surface area (Å²) in [7, 11) is 0. The van der Waals surface area contributed by atoms with Gasteiger partial charge in [-0.15, -0.1) is 11.3 Å². The lowest BCUT2D eigenvalue weighted by atomic mass is 10.1. The number of carbonyl (C=O) groups excluding carboxylic acids is 1. The minimum Gasteiger partial charge on any atom is -0.480 e. The van der Waals surface area contributed by atoms with Crippen LogP contribution in [0.2, 0.25) is 0 Å². The molecule has 1 aromatic heterocycles. The molecule has 0 aliphatic carbocycles. The first-order valence-electron chi connectivity index (χ1n) is 5.58. The molecular formula is C13H15NO4S. The van der Waals surface area contributed by atoms with Gasteiger partial charge < -0.3 is 15.5 Å². The highest BCUT2D eigenvalue weighted by atomic mass is 32.1. The van der Waals surface area contributed by atoms with E-state index in [1.807, 2.05) is 0 Å². The highest BCUT2D eigenvalue weighted by Crippen LogP contribution is 2.15. The van der Waals surface area contributed by atoms with Crippen LogP contribution in [0.15, 0.2) is 12.1 Å². The van der Waals surface area contributed by atoms with E-state index < -0.39 is 23.5 Å². The van der Waals surface area contributed by atoms with E-state index in [9.17, 15) is 14.7 Å². The molecule has 0 radical (unpaired) electrons. The van der Waals surface area contributed by atoms with Gasteiger partial charge in [0, 0.05) is 0 Å². The number of carboxylic acids is 1. The van der Waals surface area contributed by atoms with Gasteiger partial charge in [-0.2, -0.15) is 0 Å². The number of thiophene rings is 1. The molecule has 6 heteroatoms. The van der Waals surface area contributed by atoms with Crippen LogP contribution in [0.4, 0.5) is 0 Å². The Balaban J connectivity index is 2.77. The highest BCUT2D eigenvalue weighted by Gasteiger charge is 2.16. The first-order valence-corrected chi connectivity index (χ1v) is 6.40. The summed E-state index contributed by atoms with van der Waals surface area (Å²) in [6.45, 7) is 4.52. The lowest BCUT2D eigenvalue weighted by molar-refractivity contribution is -0.138. The van der Waals surface area contributed by atoms with Crippen molar-refractivity contribution in [1.29, 1.82) is 0 Å². The maximum absolute atomic E-state index is 11.7. The van der Waals surface area contributed by atoms with Crippen molar-refractivity contribution in [1.82, 2.24) is 5.32 Å². The summed E-state index contributed by atoms with van der Waals surface area (Å²) in [5.74, 6) is 3.86. The van der Waals surface area contributed by atoms with Crippen molar-refractivity contribution >= 4 is 23.2 Å². The Morgan fingerprint density at radius 1 is 1.42 bits per heavy atom. The quantitative estimate of drug-likeness (QED) is 0.723. The normalized spacial score (nSPS) is 12.2. The molecule has 3 N–H and O–H groups in total. The summed E-state index contributed by atoms with van der Waals surface area (Å²) in [6.07, 6.45) is 0. The zero-order valence-corrected chi connectivity index (χ0v) is 11.7. The molecule has 0 fully saturated rings. The van der Waals surface area contributed by atoms with Crippen molar-refractivity contribution in [3.8, 4) is 11.8 Å². The van der Waals surface area contributed by atoms with Crippen LogP contribution in [0.3, 0.4) is 0 Å². The zero-order chi connectivity index (χ0) is 14.6. The van der Waals surface area contributed by atoms with Crippen LogP contribution in [-0.4, -0.2) is 33.7 Å². The minimum absolute atomic E-state index is 0.383. The Kier molecular flexibility index (Phi) is 4.70. The molecule has 0 saturated heterocycles. The lowest BCUT2D eigenvalue weighted by Crippen LogP contribution is -2.37. The third-order valence-corrected chi connectivity index (χ3v) is 3.04. The first-order chi connectivity index (χ1) is 8.69. The van der Waals surface area contributed by atoms with Gasteiger partial charge in [-0.3, -0.25) is 9.59 Å². The predicted octanol–water partition coefficient (Wildman–Crippen LogP) is 1.07. The van der Waals surface area contributed by atoms with E-state index in [0.29, 0.717) is 9.75 Å². The fourth-order valence-corrected chi connectivity index (χ4v) is 1.83. The number of amides is 1. The molecule has 1 rings (SSSR count). The van der Waals surface area contributed by atoms with Gasteiger partial charge >= 0.3 is 5.97 Å². The molecular weight excluding hydrogens is 266 g/mol. The summed E-state index contributed by atoms with van der Waals surface area (Å²) < 4.78 is 0. The number of carboxylic acid groups (broad SMARTS) is 1. The molecule has 19 heavy (non-hydrogen) atoms. The van der Waals surface area contributed by atoms with E-state index in [-0.39, 0.29) is 0 Å². The van der Waals surface area contributed by atoms with Crippen LogP contribution in [0.5, 0.6) is 0 Å². The number of carbonyl (C=O) groups is 2. The highest BCUT2D eigenvalue weighted by molar-refractivity contribution is 7.14. The fraction of sp³-hybridized carbons (Fsp3) is 0.385. The third kappa shape index (κ3) is 5.12. The number of hydrogen-bond donors (Lipinski definition) is 3. The summed E-state index contributed by atoms with van der Waals surface area (Å²) in [5, 5.41) is 20.5. The Labute approximate surface area is 115 Å². The number of rotatable bonds is 3. The second-order valence-electron chi connectivity index (χ2n) is 4.51. The maximum atomic E-state index is 11.7. The minimum atomic E-state index is -1.09. The molecule has 1 aromatic rings. The van der Waals surface area contributed by atoms with E-state index >= 15 is 0 Å². The molecule has 0 aromatic carbocycles. The number of hydrogen-bond acceptors (Lipinski definition) is 4. The second-order valence-corrected chi connectivity index (χ2v) is 5.59. The molecule has 102 valence electrons. The summed E-state index contributed by atoms with van der Waals surface area (Å²) in [4.78, 5) is 23.4. The largest absolute Gasteiger partial charge is 0.480 e. The zero-order valence-electron chi connectivity index (χ0n) is 10.9. The average molecular weight is 281 g/mol. The van der Waals surface area contributed by atoms with E-state index in [0.717, 1.165) is 11.3 Å². The van der Waals surface area contributed by atoms with Gasteiger partial charge in [0.2, 0.25) is 0 Å². The first kappa shape index (κ1) is 15.2. The molecule has 0 spiro atoms. The van der Waals surface area contributed by atoms with Gasteiger partial charge in [-0.05, 0) is 32.9 Å². The number of nitrogens with one attached hydrogen (secondary N) is 1. The molecule has 0 aliphatic heterocycles. The van der Waals surface area contributed by atoms with E-state index in [1.54, 1.807) is 26.0 Å². The maximum Gasteiger partial charge on any atom is 0.325 e. The van der Waals surface area contributed by atoms with Crippen LogP contribution in [-0.2, 0) is 4.79 Å². The van der Waals surface area contributed by atoms with E-state index in [1.165, 1.54) is 6.92 Å². The van der Waals surface area contributed by atoms with Crippen molar-refractivity contribution in [2.75, 3.05) is 0 Å². The Hall–Kier alpha value is -1.84.